The maximum Gasteiger partial charge on any atom is 0.328 e. The van der Waals surface area contributed by atoms with Crippen LogP contribution in [0.4, 0.5) is 0 Å². The summed E-state index contributed by atoms with van der Waals surface area (Å²) in [7, 11) is 1.74. The molecular formula is C16H16N2O3. The molecule has 1 aromatic heterocycles. The Morgan fingerprint density at radius 1 is 1.24 bits per heavy atom. The van der Waals surface area contributed by atoms with E-state index < -0.39 is 5.97 Å². The van der Waals surface area contributed by atoms with Gasteiger partial charge in [-0.2, -0.15) is 0 Å². The molecule has 0 radical (unpaired) electrons. The van der Waals surface area contributed by atoms with Gasteiger partial charge in [-0.1, -0.05) is 24.3 Å². The number of rotatable bonds is 5. The van der Waals surface area contributed by atoms with Crippen molar-refractivity contribution in [2.75, 3.05) is 7.05 Å². The van der Waals surface area contributed by atoms with Crippen molar-refractivity contribution in [3.8, 4) is 0 Å². The quantitative estimate of drug-likeness (QED) is 0.828. The molecule has 2 aromatic rings. The monoisotopic (exact) mass is 284 g/mol. The van der Waals surface area contributed by atoms with Crippen LogP contribution < -0.4 is 0 Å². The number of aromatic amines is 1. The third-order valence-corrected chi connectivity index (χ3v) is 2.99. The van der Waals surface area contributed by atoms with Gasteiger partial charge in [-0.15, -0.1) is 0 Å². The number of H-pyrrole nitrogens is 1. The first-order valence-electron chi connectivity index (χ1n) is 6.45. The molecule has 5 heteroatoms. The molecule has 0 saturated heterocycles. The van der Waals surface area contributed by atoms with Crippen LogP contribution in [0.1, 0.15) is 21.6 Å². The Balaban J connectivity index is 2.00. The van der Waals surface area contributed by atoms with Crippen LogP contribution in [-0.2, 0) is 11.3 Å². The number of amides is 1. The lowest BCUT2D eigenvalue weighted by atomic mass is 10.1. The summed E-state index contributed by atoms with van der Waals surface area (Å²) in [6, 6.07) is 10.9. The molecule has 0 spiro atoms. The van der Waals surface area contributed by atoms with E-state index in [0.29, 0.717) is 12.2 Å². The fourth-order valence-electron chi connectivity index (χ4n) is 1.92. The fraction of sp³-hybridized carbons (Fsp3) is 0.125. The van der Waals surface area contributed by atoms with Crippen molar-refractivity contribution in [2.24, 2.45) is 0 Å². The Kier molecular flexibility index (Phi) is 4.56. The van der Waals surface area contributed by atoms with Crippen molar-refractivity contribution in [1.29, 1.82) is 0 Å². The van der Waals surface area contributed by atoms with Crippen LogP contribution in [0.2, 0.25) is 0 Å². The Morgan fingerprint density at radius 3 is 2.52 bits per heavy atom. The van der Waals surface area contributed by atoms with Crippen molar-refractivity contribution < 1.29 is 14.7 Å². The molecule has 2 N–H and O–H groups in total. The lowest BCUT2D eigenvalue weighted by Crippen LogP contribution is -2.26. The third kappa shape index (κ3) is 4.07. The van der Waals surface area contributed by atoms with Gasteiger partial charge in [0.25, 0.3) is 5.91 Å². The Hall–Kier alpha value is -2.82. The molecule has 1 heterocycles. The molecule has 0 unspecified atom stereocenters. The number of benzene rings is 1. The molecule has 0 bridgehead atoms. The van der Waals surface area contributed by atoms with E-state index in [9.17, 15) is 9.59 Å². The molecule has 0 aliphatic carbocycles. The summed E-state index contributed by atoms with van der Waals surface area (Å²) in [4.78, 5) is 27.0. The normalized spacial score (nSPS) is 10.7. The number of hydrogen-bond donors (Lipinski definition) is 2. The smallest absolute Gasteiger partial charge is 0.328 e. The number of nitrogens with zero attached hydrogens (tertiary/aromatic N) is 1. The van der Waals surface area contributed by atoms with Crippen LogP contribution in [0.25, 0.3) is 6.08 Å². The zero-order valence-electron chi connectivity index (χ0n) is 11.6. The SMILES string of the molecule is CN(Cc1ccc(C=CC(=O)O)cc1)C(=O)c1ccc[nH]1. The van der Waals surface area contributed by atoms with Gasteiger partial charge in [0.1, 0.15) is 5.69 Å². The summed E-state index contributed by atoms with van der Waals surface area (Å²) in [6.07, 6.45) is 4.33. The Morgan fingerprint density at radius 2 is 1.95 bits per heavy atom. The second-order valence-electron chi connectivity index (χ2n) is 4.66. The van der Waals surface area contributed by atoms with Crippen molar-refractivity contribution >= 4 is 18.0 Å². The summed E-state index contributed by atoms with van der Waals surface area (Å²) < 4.78 is 0. The molecule has 0 atom stereocenters. The lowest BCUT2D eigenvalue weighted by molar-refractivity contribution is -0.131. The van der Waals surface area contributed by atoms with Gasteiger partial charge in [0.2, 0.25) is 0 Å². The van der Waals surface area contributed by atoms with E-state index in [1.807, 2.05) is 24.3 Å². The number of carbonyl (C=O) groups is 2. The van der Waals surface area contributed by atoms with Crippen LogP contribution in [-0.4, -0.2) is 33.9 Å². The summed E-state index contributed by atoms with van der Waals surface area (Å²) in [6.45, 7) is 0.487. The highest BCUT2D eigenvalue weighted by Gasteiger charge is 2.12. The van der Waals surface area contributed by atoms with Gasteiger partial charge >= 0.3 is 5.97 Å². The van der Waals surface area contributed by atoms with Gasteiger partial charge in [0, 0.05) is 25.9 Å². The van der Waals surface area contributed by atoms with E-state index in [2.05, 4.69) is 4.98 Å². The molecule has 0 fully saturated rings. The highest BCUT2D eigenvalue weighted by Crippen LogP contribution is 2.10. The zero-order chi connectivity index (χ0) is 15.2. The molecule has 1 aromatic carbocycles. The summed E-state index contributed by atoms with van der Waals surface area (Å²) >= 11 is 0. The van der Waals surface area contributed by atoms with Crippen LogP contribution in [0.3, 0.4) is 0 Å². The molecule has 0 saturated carbocycles. The molecule has 5 nitrogen and oxygen atoms in total. The van der Waals surface area contributed by atoms with Gasteiger partial charge in [-0.3, -0.25) is 4.79 Å². The van der Waals surface area contributed by atoms with Crippen molar-refractivity contribution in [1.82, 2.24) is 9.88 Å². The van der Waals surface area contributed by atoms with Gasteiger partial charge in [-0.25, -0.2) is 4.79 Å². The predicted octanol–water partition coefficient (Wildman–Crippen LogP) is 2.38. The van der Waals surface area contributed by atoms with Crippen molar-refractivity contribution in [2.45, 2.75) is 6.54 Å². The van der Waals surface area contributed by atoms with E-state index in [1.165, 1.54) is 6.08 Å². The van der Waals surface area contributed by atoms with Crippen LogP contribution >= 0.6 is 0 Å². The Labute approximate surface area is 122 Å². The molecule has 1 amide bonds. The summed E-state index contributed by atoms with van der Waals surface area (Å²) in [5.41, 5.74) is 2.34. The minimum Gasteiger partial charge on any atom is -0.478 e. The van der Waals surface area contributed by atoms with E-state index in [-0.39, 0.29) is 5.91 Å². The lowest BCUT2D eigenvalue weighted by Gasteiger charge is -2.16. The number of carboxylic acids is 1. The highest BCUT2D eigenvalue weighted by atomic mass is 16.4. The number of aromatic nitrogens is 1. The predicted molar refractivity (Wildman–Crippen MR) is 79.7 cm³/mol. The molecule has 0 aliphatic rings. The van der Waals surface area contributed by atoms with Crippen LogP contribution in [0.5, 0.6) is 0 Å². The first-order chi connectivity index (χ1) is 10.1. The molecule has 21 heavy (non-hydrogen) atoms. The zero-order valence-corrected chi connectivity index (χ0v) is 11.6. The number of carboxylic acid groups (broad SMARTS) is 1. The van der Waals surface area contributed by atoms with Gasteiger partial charge in [0.05, 0.1) is 0 Å². The third-order valence-electron chi connectivity index (χ3n) is 2.99. The first kappa shape index (κ1) is 14.6. The van der Waals surface area contributed by atoms with Crippen molar-refractivity contribution in [3.63, 3.8) is 0 Å². The standard InChI is InChI=1S/C16H16N2O3/c1-18(16(21)14-3-2-10-17-14)11-13-6-4-12(5-7-13)8-9-15(19)20/h2-10,17H,11H2,1H3,(H,19,20). The van der Waals surface area contributed by atoms with Gasteiger partial charge < -0.3 is 15.0 Å². The number of aliphatic carboxylic acids is 1. The van der Waals surface area contributed by atoms with Crippen molar-refractivity contribution in [3.05, 3.63) is 65.5 Å². The maximum atomic E-state index is 12.1. The van der Waals surface area contributed by atoms with E-state index >= 15 is 0 Å². The summed E-state index contributed by atoms with van der Waals surface area (Å²) in [5, 5.41) is 8.57. The molecule has 2 rings (SSSR count). The largest absolute Gasteiger partial charge is 0.478 e. The molecule has 108 valence electrons. The molecular weight excluding hydrogens is 268 g/mol. The van der Waals surface area contributed by atoms with E-state index in [0.717, 1.165) is 17.2 Å². The second-order valence-corrected chi connectivity index (χ2v) is 4.66. The number of hydrogen-bond acceptors (Lipinski definition) is 2. The molecule has 0 aliphatic heterocycles. The Bertz CT molecular complexity index is 643. The number of nitrogens with one attached hydrogen (secondary N) is 1. The number of carbonyl (C=O) groups excluding carboxylic acids is 1. The summed E-state index contributed by atoms with van der Waals surface area (Å²) in [5.74, 6) is -1.05. The second kappa shape index (κ2) is 6.56. The minimum atomic E-state index is -0.977. The van der Waals surface area contributed by atoms with Crippen LogP contribution in [0, 0.1) is 0 Å². The fourth-order valence-corrected chi connectivity index (χ4v) is 1.92. The van der Waals surface area contributed by atoms with Gasteiger partial charge in [0.15, 0.2) is 0 Å². The van der Waals surface area contributed by atoms with E-state index in [4.69, 9.17) is 5.11 Å². The average molecular weight is 284 g/mol. The maximum absolute atomic E-state index is 12.1. The van der Waals surface area contributed by atoms with Crippen LogP contribution in [0.15, 0.2) is 48.7 Å². The minimum absolute atomic E-state index is 0.0742. The topological polar surface area (TPSA) is 73.4 Å². The average Bonchev–Trinajstić information content (AvgIpc) is 2.99. The first-order valence-corrected chi connectivity index (χ1v) is 6.45. The highest BCUT2D eigenvalue weighted by molar-refractivity contribution is 5.92. The van der Waals surface area contributed by atoms with E-state index in [1.54, 1.807) is 30.3 Å². The van der Waals surface area contributed by atoms with Gasteiger partial charge in [-0.05, 0) is 29.3 Å².